The van der Waals surface area contributed by atoms with Crippen molar-refractivity contribution in [1.82, 2.24) is 4.90 Å². The normalized spacial score (nSPS) is 25.4. The van der Waals surface area contributed by atoms with Crippen LogP contribution in [0.2, 0.25) is 0 Å². The summed E-state index contributed by atoms with van der Waals surface area (Å²) in [4.78, 5) is 2.54. The molecule has 0 saturated carbocycles. The number of nitrogens with zero attached hydrogens (tertiary/aromatic N) is 1. The summed E-state index contributed by atoms with van der Waals surface area (Å²) in [7, 11) is 0. The number of rotatable bonds is 2. The molecule has 0 radical (unpaired) electrons. The zero-order chi connectivity index (χ0) is 8.27. The van der Waals surface area contributed by atoms with Crippen LogP contribution in [0.4, 0.5) is 0 Å². The van der Waals surface area contributed by atoms with E-state index in [1.54, 1.807) is 0 Å². The van der Waals surface area contributed by atoms with Gasteiger partial charge in [-0.15, -0.1) is 11.6 Å². The highest BCUT2D eigenvalue weighted by Crippen LogP contribution is 2.18. The predicted molar refractivity (Wildman–Crippen MR) is 50.2 cm³/mol. The van der Waals surface area contributed by atoms with E-state index in [0.29, 0.717) is 5.38 Å². The Morgan fingerprint density at radius 2 is 2.00 bits per heavy atom. The van der Waals surface area contributed by atoms with Crippen molar-refractivity contribution in [2.24, 2.45) is 0 Å². The van der Waals surface area contributed by atoms with E-state index in [1.807, 2.05) is 0 Å². The van der Waals surface area contributed by atoms with Crippen LogP contribution in [0.5, 0.6) is 0 Å². The second-order valence-electron chi connectivity index (χ2n) is 3.47. The first-order valence-corrected chi connectivity index (χ1v) is 5.05. The third kappa shape index (κ3) is 2.64. The maximum Gasteiger partial charge on any atom is 0.0360 e. The van der Waals surface area contributed by atoms with Crippen molar-refractivity contribution in [3.8, 4) is 0 Å². The van der Waals surface area contributed by atoms with E-state index in [9.17, 15) is 0 Å². The summed E-state index contributed by atoms with van der Waals surface area (Å²) in [6.07, 6.45) is 3.60. The first-order chi connectivity index (χ1) is 5.24. The summed E-state index contributed by atoms with van der Waals surface area (Å²) in [5.41, 5.74) is 0. The molecule has 0 aromatic rings. The van der Waals surface area contributed by atoms with Crippen molar-refractivity contribution in [3.05, 3.63) is 0 Å². The van der Waals surface area contributed by atoms with Crippen molar-refractivity contribution in [3.63, 3.8) is 0 Å². The molecule has 1 rings (SSSR count). The minimum absolute atomic E-state index is 0.440. The molecule has 2 heteroatoms. The van der Waals surface area contributed by atoms with Crippen LogP contribution in [-0.2, 0) is 0 Å². The molecule has 0 aromatic carbocycles. The topological polar surface area (TPSA) is 3.24 Å². The molecule has 1 saturated heterocycles. The van der Waals surface area contributed by atoms with Crippen LogP contribution in [0.1, 0.15) is 33.1 Å². The van der Waals surface area contributed by atoms with Crippen LogP contribution in [0, 0.1) is 0 Å². The van der Waals surface area contributed by atoms with Crippen LogP contribution >= 0.6 is 11.6 Å². The monoisotopic (exact) mass is 175 g/mol. The van der Waals surface area contributed by atoms with E-state index >= 15 is 0 Å². The molecule has 1 nitrogen and oxygen atoms in total. The predicted octanol–water partition coefficient (Wildman–Crippen LogP) is 2.49. The fourth-order valence-corrected chi connectivity index (χ4v) is 1.76. The lowest BCUT2D eigenvalue weighted by molar-refractivity contribution is 0.172. The Morgan fingerprint density at radius 1 is 1.45 bits per heavy atom. The second kappa shape index (κ2) is 4.32. The molecule has 0 aromatic heterocycles. The largest absolute Gasteiger partial charge is 0.301 e. The van der Waals surface area contributed by atoms with Crippen LogP contribution in [0.25, 0.3) is 0 Å². The highest BCUT2D eigenvalue weighted by molar-refractivity contribution is 6.20. The Balaban J connectivity index is 2.27. The lowest BCUT2D eigenvalue weighted by atomic mass is 10.1. The van der Waals surface area contributed by atoms with E-state index in [2.05, 4.69) is 18.7 Å². The number of alkyl halides is 1. The summed E-state index contributed by atoms with van der Waals surface area (Å²) in [5.74, 6) is 0. The first-order valence-electron chi connectivity index (χ1n) is 4.62. The minimum atomic E-state index is 0.440. The summed E-state index contributed by atoms with van der Waals surface area (Å²) in [5, 5.41) is 0.440. The molecular formula is C9H18ClN. The molecular weight excluding hydrogens is 158 g/mol. The Kier molecular flexibility index (Phi) is 3.67. The lowest BCUT2D eigenvalue weighted by Crippen LogP contribution is -2.39. The van der Waals surface area contributed by atoms with Gasteiger partial charge in [0.2, 0.25) is 0 Å². The van der Waals surface area contributed by atoms with Crippen molar-refractivity contribution in [1.29, 1.82) is 0 Å². The Labute approximate surface area is 74.7 Å². The molecule has 66 valence electrons. The van der Waals surface area contributed by atoms with Gasteiger partial charge < -0.3 is 4.90 Å². The zero-order valence-corrected chi connectivity index (χ0v) is 8.27. The molecule has 1 fully saturated rings. The molecule has 1 heterocycles. The maximum absolute atomic E-state index is 6.00. The molecule has 0 bridgehead atoms. The Bertz CT molecular complexity index is 108. The first kappa shape index (κ1) is 9.34. The van der Waals surface area contributed by atoms with Gasteiger partial charge in [-0.25, -0.2) is 0 Å². The van der Waals surface area contributed by atoms with Gasteiger partial charge in [-0.2, -0.15) is 0 Å². The van der Waals surface area contributed by atoms with Gasteiger partial charge in [-0.05, 0) is 39.3 Å². The zero-order valence-electron chi connectivity index (χ0n) is 7.52. The number of halogens is 1. The van der Waals surface area contributed by atoms with Crippen LogP contribution in [0.3, 0.4) is 0 Å². The van der Waals surface area contributed by atoms with Gasteiger partial charge in [0.15, 0.2) is 0 Å². The summed E-state index contributed by atoms with van der Waals surface area (Å²) < 4.78 is 0. The number of hydrogen-bond acceptors (Lipinski definition) is 1. The number of piperidine rings is 1. The van der Waals surface area contributed by atoms with Crippen molar-refractivity contribution in [2.75, 3.05) is 13.1 Å². The van der Waals surface area contributed by atoms with Gasteiger partial charge in [0.25, 0.3) is 0 Å². The molecule has 0 amide bonds. The molecule has 1 aliphatic heterocycles. The van der Waals surface area contributed by atoms with E-state index in [0.717, 1.165) is 6.04 Å². The number of hydrogen-bond donors (Lipinski definition) is 0. The molecule has 0 N–H and O–H groups in total. The number of likely N-dealkylation sites (tertiary alicyclic amines) is 1. The van der Waals surface area contributed by atoms with Gasteiger partial charge in [0, 0.05) is 11.4 Å². The maximum atomic E-state index is 6.00. The Morgan fingerprint density at radius 3 is 2.45 bits per heavy atom. The van der Waals surface area contributed by atoms with E-state index in [1.165, 1.54) is 32.4 Å². The Hall–Kier alpha value is 0.250. The van der Waals surface area contributed by atoms with Crippen LogP contribution in [-0.4, -0.2) is 29.4 Å². The summed E-state index contributed by atoms with van der Waals surface area (Å²) in [6, 6.07) is 0.749. The van der Waals surface area contributed by atoms with E-state index < -0.39 is 0 Å². The fraction of sp³-hybridized carbons (Fsp3) is 1.00. The van der Waals surface area contributed by atoms with E-state index in [-0.39, 0.29) is 0 Å². The van der Waals surface area contributed by atoms with Gasteiger partial charge in [-0.1, -0.05) is 6.92 Å². The van der Waals surface area contributed by atoms with Gasteiger partial charge in [0.1, 0.15) is 0 Å². The highest BCUT2D eigenvalue weighted by atomic mass is 35.5. The molecule has 11 heavy (non-hydrogen) atoms. The second-order valence-corrected chi connectivity index (χ2v) is 4.09. The standard InChI is InChI=1S/C9H18ClN/c1-3-8(2)11-6-4-9(10)5-7-11/h8-9H,3-7H2,1-2H3. The van der Waals surface area contributed by atoms with Crippen LogP contribution < -0.4 is 0 Å². The van der Waals surface area contributed by atoms with Crippen LogP contribution in [0.15, 0.2) is 0 Å². The average molecular weight is 176 g/mol. The highest BCUT2D eigenvalue weighted by Gasteiger charge is 2.19. The summed E-state index contributed by atoms with van der Waals surface area (Å²) >= 11 is 6.00. The quantitative estimate of drug-likeness (QED) is 0.583. The third-order valence-corrected chi connectivity index (χ3v) is 3.11. The van der Waals surface area contributed by atoms with E-state index in [4.69, 9.17) is 11.6 Å². The average Bonchev–Trinajstić information content (AvgIpc) is 2.05. The minimum Gasteiger partial charge on any atom is -0.301 e. The van der Waals surface area contributed by atoms with Gasteiger partial charge >= 0.3 is 0 Å². The smallest absolute Gasteiger partial charge is 0.0360 e. The molecule has 0 spiro atoms. The lowest BCUT2D eigenvalue weighted by Gasteiger charge is -2.33. The molecule has 1 aliphatic rings. The SMILES string of the molecule is CCC(C)N1CCC(Cl)CC1. The molecule has 0 aliphatic carbocycles. The van der Waals surface area contributed by atoms with Crippen molar-refractivity contribution in [2.45, 2.75) is 44.5 Å². The van der Waals surface area contributed by atoms with Gasteiger partial charge in [0.05, 0.1) is 0 Å². The van der Waals surface area contributed by atoms with Crippen molar-refractivity contribution < 1.29 is 0 Å². The van der Waals surface area contributed by atoms with Gasteiger partial charge in [-0.3, -0.25) is 0 Å². The third-order valence-electron chi connectivity index (χ3n) is 2.67. The summed E-state index contributed by atoms with van der Waals surface area (Å²) in [6.45, 7) is 6.94. The molecule has 1 unspecified atom stereocenters. The fourth-order valence-electron chi connectivity index (χ4n) is 1.57. The molecule has 1 atom stereocenters. The van der Waals surface area contributed by atoms with Crippen molar-refractivity contribution >= 4 is 11.6 Å².